The maximum Gasteiger partial charge on any atom is 0.344 e. The van der Waals surface area contributed by atoms with Crippen molar-refractivity contribution in [2.45, 2.75) is 39.3 Å². The van der Waals surface area contributed by atoms with Gasteiger partial charge in [0.1, 0.15) is 15.6 Å². The summed E-state index contributed by atoms with van der Waals surface area (Å²) in [6.45, 7) is 8.17. The summed E-state index contributed by atoms with van der Waals surface area (Å²) in [5.74, 6) is -0.867. The summed E-state index contributed by atoms with van der Waals surface area (Å²) >= 11 is 7.25. The van der Waals surface area contributed by atoms with Gasteiger partial charge in [-0.2, -0.15) is 0 Å². The maximum absolute atomic E-state index is 11.9. The highest BCUT2D eigenvalue weighted by molar-refractivity contribution is 8.18. The van der Waals surface area contributed by atoms with Gasteiger partial charge in [-0.1, -0.05) is 61.3 Å². The lowest BCUT2D eigenvalue weighted by Gasteiger charge is -2.36. The fourth-order valence-corrected chi connectivity index (χ4v) is 5.41. The zero-order chi connectivity index (χ0) is 20.9. The molecule has 0 spiro atoms. The van der Waals surface area contributed by atoms with Gasteiger partial charge in [0.2, 0.25) is 0 Å². The summed E-state index contributed by atoms with van der Waals surface area (Å²) in [5.41, 5.74) is 3.37. The summed E-state index contributed by atoms with van der Waals surface area (Å²) in [5, 5.41) is 10.9. The minimum atomic E-state index is -0.909. The van der Waals surface area contributed by atoms with Gasteiger partial charge in [-0.15, -0.1) is 0 Å². The lowest BCUT2D eigenvalue weighted by atomic mass is 9.81. The van der Waals surface area contributed by atoms with Gasteiger partial charge in [0.05, 0.1) is 6.04 Å². The Morgan fingerprint density at radius 1 is 1.24 bits per heavy atom. The Hall–Kier alpha value is -2.31. The number of rotatable bonds is 4. The molecule has 5 nitrogen and oxygen atoms in total. The van der Waals surface area contributed by atoms with Crippen molar-refractivity contribution < 1.29 is 9.90 Å². The van der Waals surface area contributed by atoms with Crippen LogP contribution in [0.5, 0.6) is 0 Å². The van der Waals surface area contributed by atoms with Crippen molar-refractivity contribution in [3.05, 3.63) is 75.0 Å². The number of aryl methyl sites for hydroxylation is 1. The first-order valence-corrected chi connectivity index (χ1v) is 10.6. The average molecular weight is 428 g/mol. The Morgan fingerprint density at radius 2 is 1.93 bits per heavy atom. The van der Waals surface area contributed by atoms with Crippen LogP contribution in [0.2, 0.25) is 5.15 Å². The number of carboxylic acid groups (broad SMARTS) is 1. The van der Waals surface area contributed by atoms with Crippen molar-refractivity contribution in [3.8, 4) is 0 Å². The molecule has 0 saturated carbocycles. The third kappa shape index (κ3) is 3.24. The van der Waals surface area contributed by atoms with E-state index in [1.54, 1.807) is 12.3 Å². The Kier molecular flexibility index (Phi) is 4.95. The maximum atomic E-state index is 11.9. The normalized spacial score (nSPS) is 23.6. The SMILES string of the molecule is Cc1ccc([C@H]2N3C(=N[C@@]2(C)c2ccc(Cl)nc2)SC(C(=O)O)=C3C(C)C)cc1. The quantitative estimate of drug-likeness (QED) is 0.664. The van der Waals surface area contributed by atoms with Crippen LogP contribution in [0.1, 0.15) is 43.5 Å². The fraction of sp³-hybridized carbons (Fsp3) is 0.318. The first-order chi connectivity index (χ1) is 13.7. The molecule has 2 atom stereocenters. The van der Waals surface area contributed by atoms with E-state index >= 15 is 0 Å². The molecule has 1 aromatic carbocycles. The molecule has 0 bridgehead atoms. The van der Waals surface area contributed by atoms with Crippen molar-refractivity contribution in [1.82, 2.24) is 9.88 Å². The van der Waals surface area contributed by atoms with Crippen LogP contribution in [0.3, 0.4) is 0 Å². The van der Waals surface area contributed by atoms with Crippen molar-refractivity contribution in [2.75, 3.05) is 0 Å². The minimum Gasteiger partial charge on any atom is -0.477 e. The Balaban J connectivity index is 1.92. The summed E-state index contributed by atoms with van der Waals surface area (Å²) < 4.78 is 0. The monoisotopic (exact) mass is 427 g/mol. The molecule has 2 aromatic rings. The minimum absolute atomic E-state index is 0.0416. The van der Waals surface area contributed by atoms with Crippen LogP contribution < -0.4 is 0 Å². The number of nitrogens with zero attached hydrogens (tertiary/aromatic N) is 3. The molecular formula is C22H22ClN3O2S. The van der Waals surface area contributed by atoms with E-state index in [9.17, 15) is 9.90 Å². The largest absolute Gasteiger partial charge is 0.477 e. The van der Waals surface area contributed by atoms with Crippen molar-refractivity contribution in [1.29, 1.82) is 0 Å². The van der Waals surface area contributed by atoms with Crippen LogP contribution >= 0.6 is 23.4 Å². The van der Waals surface area contributed by atoms with Crippen LogP contribution in [0.4, 0.5) is 0 Å². The number of allylic oxidation sites excluding steroid dienone is 1. The Labute approximate surface area is 179 Å². The molecule has 1 N–H and O–H groups in total. The smallest absolute Gasteiger partial charge is 0.344 e. The molecule has 3 heterocycles. The van der Waals surface area contributed by atoms with Crippen LogP contribution in [-0.4, -0.2) is 26.1 Å². The lowest BCUT2D eigenvalue weighted by Crippen LogP contribution is -2.36. The number of hydrogen-bond acceptors (Lipinski definition) is 5. The molecule has 0 radical (unpaired) electrons. The number of thioether (sulfide) groups is 1. The van der Waals surface area contributed by atoms with Crippen molar-refractivity contribution >= 4 is 34.5 Å². The van der Waals surface area contributed by atoms with Crippen LogP contribution in [0.15, 0.2) is 58.2 Å². The molecule has 2 aliphatic rings. The van der Waals surface area contributed by atoms with E-state index in [0.717, 1.165) is 16.8 Å². The Morgan fingerprint density at radius 3 is 2.48 bits per heavy atom. The number of amidine groups is 1. The summed E-state index contributed by atoms with van der Waals surface area (Å²) in [4.78, 5) is 23.7. The second-order valence-electron chi connectivity index (χ2n) is 7.87. The van der Waals surface area contributed by atoms with Gasteiger partial charge in [0.15, 0.2) is 5.17 Å². The molecule has 0 fully saturated rings. The van der Waals surface area contributed by atoms with Gasteiger partial charge in [-0.05, 0) is 43.2 Å². The molecule has 2 aliphatic heterocycles. The van der Waals surface area contributed by atoms with Gasteiger partial charge >= 0.3 is 5.97 Å². The number of hydrogen-bond donors (Lipinski definition) is 1. The van der Waals surface area contributed by atoms with Gasteiger partial charge in [0, 0.05) is 17.5 Å². The van der Waals surface area contributed by atoms with E-state index < -0.39 is 11.5 Å². The topological polar surface area (TPSA) is 65.8 Å². The second-order valence-corrected chi connectivity index (χ2v) is 9.24. The number of aliphatic carboxylic acids is 1. The molecule has 4 rings (SSSR count). The van der Waals surface area contributed by atoms with E-state index in [2.05, 4.69) is 48.0 Å². The van der Waals surface area contributed by atoms with E-state index in [1.807, 2.05) is 19.9 Å². The number of carboxylic acids is 1. The van der Waals surface area contributed by atoms with E-state index in [0.29, 0.717) is 15.2 Å². The van der Waals surface area contributed by atoms with Gasteiger partial charge < -0.3 is 10.0 Å². The first kappa shape index (κ1) is 20.0. The molecule has 0 saturated heterocycles. The third-order valence-corrected chi connectivity index (χ3v) is 6.74. The van der Waals surface area contributed by atoms with Crippen molar-refractivity contribution in [2.24, 2.45) is 10.9 Å². The predicted molar refractivity (Wildman–Crippen MR) is 117 cm³/mol. The summed E-state index contributed by atoms with van der Waals surface area (Å²) in [6.07, 6.45) is 1.76. The predicted octanol–water partition coefficient (Wildman–Crippen LogP) is 5.37. The first-order valence-electron chi connectivity index (χ1n) is 9.45. The lowest BCUT2D eigenvalue weighted by molar-refractivity contribution is -0.131. The second kappa shape index (κ2) is 7.18. The molecule has 150 valence electrons. The van der Waals surface area contributed by atoms with Crippen LogP contribution in [-0.2, 0) is 10.3 Å². The fourth-order valence-electron chi connectivity index (χ4n) is 4.06. The zero-order valence-electron chi connectivity index (χ0n) is 16.7. The standard InChI is InChI=1S/C22H22ClN3O2S/c1-12(2)17-18(20(27)28)29-21-25-22(4,15-9-10-16(23)24-11-15)19(26(17)21)14-7-5-13(3)6-8-14/h5-12,19H,1-4H3,(H,27,28)/t19-,22+/m1/s1. The molecule has 0 aliphatic carbocycles. The summed E-state index contributed by atoms with van der Waals surface area (Å²) in [6, 6.07) is 11.9. The molecule has 0 unspecified atom stereocenters. The van der Waals surface area contributed by atoms with E-state index in [1.165, 1.54) is 17.3 Å². The van der Waals surface area contributed by atoms with Crippen molar-refractivity contribution in [3.63, 3.8) is 0 Å². The number of fused-ring (bicyclic) bond motifs is 1. The van der Waals surface area contributed by atoms with Gasteiger partial charge in [0.25, 0.3) is 0 Å². The number of benzene rings is 1. The highest BCUT2D eigenvalue weighted by atomic mass is 35.5. The zero-order valence-corrected chi connectivity index (χ0v) is 18.3. The number of pyridine rings is 1. The number of aliphatic imine (C=N–C) groups is 1. The number of carbonyl (C=O) groups is 1. The molecule has 29 heavy (non-hydrogen) atoms. The number of aromatic nitrogens is 1. The highest BCUT2D eigenvalue weighted by Gasteiger charge is 2.53. The van der Waals surface area contributed by atoms with Gasteiger partial charge in [-0.3, -0.25) is 0 Å². The Bertz CT molecular complexity index is 1030. The van der Waals surface area contributed by atoms with Gasteiger partial charge in [-0.25, -0.2) is 14.8 Å². The summed E-state index contributed by atoms with van der Waals surface area (Å²) in [7, 11) is 0. The van der Waals surface area contributed by atoms with Crippen LogP contribution in [0.25, 0.3) is 0 Å². The van der Waals surface area contributed by atoms with E-state index in [-0.39, 0.29) is 12.0 Å². The third-order valence-electron chi connectivity index (χ3n) is 5.46. The molecular weight excluding hydrogens is 406 g/mol. The molecule has 7 heteroatoms. The highest BCUT2D eigenvalue weighted by Crippen LogP contribution is 2.55. The average Bonchev–Trinajstić information content (AvgIpc) is 3.16. The van der Waals surface area contributed by atoms with E-state index in [4.69, 9.17) is 16.6 Å². The number of halogens is 1. The molecule has 0 amide bonds. The molecule has 1 aromatic heterocycles. The van der Waals surface area contributed by atoms with Crippen LogP contribution in [0, 0.1) is 12.8 Å².